The molecule has 9 heteroatoms. The number of phenolic OH excluding ortho intramolecular Hbond substituents is 1. The second-order valence-electron chi connectivity index (χ2n) is 8.71. The summed E-state index contributed by atoms with van der Waals surface area (Å²) in [4.78, 5) is 25.4. The number of likely N-dealkylation sites (tertiary alicyclic amines) is 1. The van der Waals surface area contributed by atoms with Crippen LogP contribution in [0.3, 0.4) is 0 Å². The van der Waals surface area contributed by atoms with Crippen molar-refractivity contribution in [2.45, 2.75) is 71.5 Å². The molecule has 1 saturated heterocycles. The van der Waals surface area contributed by atoms with Crippen LogP contribution in [-0.2, 0) is 9.53 Å². The molecular formula is C23H36Cl2N2O5. The molecule has 0 radical (unpaired) electrons. The molecule has 1 aliphatic heterocycles. The van der Waals surface area contributed by atoms with E-state index in [2.05, 4.69) is 0 Å². The number of rotatable bonds is 8. The van der Waals surface area contributed by atoms with Crippen LogP contribution in [0, 0.1) is 0 Å². The standard InChI is InChI=1S/C14H19Cl2NO3.C9H17NO2/c1-2-17(9-18)8-4-3-5-11(19)13-12(20)7-6-10(15)14(13)16;1-9(2,3)12-8(11)10-6-4-5-7-10/h6-7,9,11,19-20H,2-5,8H2,1H3;4-7H2,1-3H3. The first-order valence-electron chi connectivity index (χ1n) is 11.0. The van der Waals surface area contributed by atoms with Crippen molar-refractivity contribution in [3.63, 3.8) is 0 Å². The maximum Gasteiger partial charge on any atom is 0.410 e. The van der Waals surface area contributed by atoms with Crippen molar-refractivity contribution in [3.05, 3.63) is 27.7 Å². The van der Waals surface area contributed by atoms with Crippen LogP contribution in [0.5, 0.6) is 5.75 Å². The van der Waals surface area contributed by atoms with Gasteiger partial charge in [-0.15, -0.1) is 0 Å². The van der Waals surface area contributed by atoms with E-state index in [0.29, 0.717) is 31.0 Å². The van der Waals surface area contributed by atoms with Gasteiger partial charge in [-0.2, -0.15) is 0 Å². The quantitative estimate of drug-likeness (QED) is 0.376. The van der Waals surface area contributed by atoms with Crippen LogP contribution >= 0.6 is 23.2 Å². The highest BCUT2D eigenvalue weighted by molar-refractivity contribution is 6.42. The first-order valence-corrected chi connectivity index (χ1v) is 11.8. The number of phenols is 1. The van der Waals surface area contributed by atoms with Gasteiger partial charge in [-0.3, -0.25) is 4.79 Å². The van der Waals surface area contributed by atoms with Crippen molar-refractivity contribution >= 4 is 35.7 Å². The molecule has 1 fully saturated rings. The third kappa shape index (κ3) is 9.84. The van der Waals surface area contributed by atoms with Crippen LogP contribution in [0.4, 0.5) is 4.79 Å². The fourth-order valence-electron chi connectivity index (χ4n) is 3.18. The fourth-order valence-corrected chi connectivity index (χ4v) is 3.63. The van der Waals surface area contributed by atoms with Gasteiger partial charge in [-0.25, -0.2) is 4.79 Å². The Morgan fingerprint density at radius 3 is 2.41 bits per heavy atom. The summed E-state index contributed by atoms with van der Waals surface area (Å²) in [6, 6.07) is 2.90. The minimum absolute atomic E-state index is 0.0602. The van der Waals surface area contributed by atoms with Gasteiger partial charge in [0.1, 0.15) is 11.4 Å². The Hall–Kier alpha value is -1.70. The van der Waals surface area contributed by atoms with E-state index in [1.165, 1.54) is 12.1 Å². The lowest BCUT2D eigenvalue weighted by molar-refractivity contribution is -0.118. The van der Waals surface area contributed by atoms with Gasteiger partial charge in [0.2, 0.25) is 6.41 Å². The highest BCUT2D eigenvalue weighted by atomic mass is 35.5. The molecule has 1 aromatic rings. The van der Waals surface area contributed by atoms with Gasteiger partial charge in [0, 0.05) is 31.7 Å². The third-order valence-corrected chi connectivity index (χ3v) is 5.75. The van der Waals surface area contributed by atoms with Gasteiger partial charge in [0.15, 0.2) is 0 Å². The van der Waals surface area contributed by atoms with E-state index in [9.17, 15) is 19.8 Å². The maximum atomic E-state index is 11.4. The van der Waals surface area contributed by atoms with Crippen molar-refractivity contribution in [2.75, 3.05) is 26.2 Å². The summed E-state index contributed by atoms with van der Waals surface area (Å²) >= 11 is 11.9. The summed E-state index contributed by atoms with van der Waals surface area (Å²) in [5.74, 6) is -0.0602. The molecule has 2 rings (SSSR count). The van der Waals surface area contributed by atoms with Crippen molar-refractivity contribution < 1.29 is 24.5 Å². The molecular weight excluding hydrogens is 455 g/mol. The van der Waals surface area contributed by atoms with E-state index in [1.54, 1.807) is 9.80 Å². The number of halogens is 2. The highest BCUT2D eigenvalue weighted by Gasteiger charge is 2.24. The molecule has 0 aromatic heterocycles. The Balaban J connectivity index is 0.000000363. The summed E-state index contributed by atoms with van der Waals surface area (Å²) < 4.78 is 5.21. The Morgan fingerprint density at radius 2 is 1.88 bits per heavy atom. The fraction of sp³-hybridized carbons (Fsp3) is 0.652. The van der Waals surface area contributed by atoms with Gasteiger partial charge in [-0.05, 0) is 71.9 Å². The van der Waals surface area contributed by atoms with Crippen LogP contribution in [0.1, 0.15) is 71.5 Å². The lowest BCUT2D eigenvalue weighted by atomic mass is 10.0. The Morgan fingerprint density at radius 1 is 1.25 bits per heavy atom. The Labute approximate surface area is 201 Å². The number of aliphatic hydroxyl groups excluding tert-OH is 1. The molecule has 182 valence electrons. The first kappa shape index (κ1) is 28.3. The molecule has 2 amide bonds. The average Bonchev–Trinajstić information content (AvgIpc) is 3.26. The molecule has 0 aliphatic carbocycles. The second kappa shape index (κ2) is 13.8. The van der Waals surface area contributed by atoms with Gasteiger partial charge in [0.05, 0.1) is 16.1 Å². The normalized spacial score (nSPS) is 14.4. The predicted molar refractivity (Wildman–Crippen MR) is 127 cm³/mol. The van der Waals surface area contributed by atoms with Gasteiger partial charge in [0.25, 0.3) is 0 Å². The largest absolute Gasteiger partial charge is 0.508 e. The van der Waals surface area contributed by atoms with Crippen LogP contribution in [0.2, 0.25) is 10.0 Å². The Kier molecular flexibility index (Phi) is 12.2. The van der Waals surface area contributed by atoms with Crippen LogP contribution in [0.15, 0.2) is 12.1 Å². The number of unbranched alkanes of at least 4 members (excludes halogenated alkanes) is 1. The number of carbonyl (C=O) groups excluding carboxylic acids is 2. The van der Waals surface area contributed by atoms with E-state index in [0.717, 1.165) is 38.8 Å². The molecule has 1 aromatic carbocycles. The molecule has 32 heavy (non-hydrogen) atoms. The molecule has 1 aliphatic rings. The number of nitrogens with zero attached hydrogens (tertiary/aromatic N) is 2. The molecule has 1 unspecified atom stereocenters. The van der Waals surface area contributed by atoms with E-state index < -0.39 is 6.10 Å². The summed E-state index contributed by atoms with van der Waals surface area (Å²) in [6.07, 6.45) is 3.95. The zero-order valence-corrected chi connectivity index (χ0v) is 21.0. The number of hydrogen-bond donors (Lipinski definition) is 2. The molecule has 0 bridgehead atoms. The maximum absolute atomic E-state index is 11.4. The first-order chi connectivity index (χ1) is 15.0. The summed E-state index contributed by atoms with van der Waals surface area (Å²) in [7, 11) is 0. The smallest absolute Gasteiger partial charge is 0.410 e. The topological polar surface area (TPSA) is 90.3 Å². The molecule has 2 N–H and O–H groups in total. The molecule has 1 heterocycles. The monoisotopic (exact) mass is 490 g/mol. The van der Waals surface area contributed by atoms with Gasteiger partial charge < -0.3 is 24.7 Å². The Bertz CT molecular complexity index is 734. The molecule has 0 saturated carbocycles. The summed E-state index contributed by atoms with van der Waals surface area (Å²) in [5, 5.41) is 20.3. The zero-order chi connectivity index (χ0) is 24.3. The van der Waals surface area contributed by atoms with E-state index in [4.69, 9.17) is 27.9 Å². The average molecular weight is 491 g/mol. The van der Waals surface area contributed by atoms with Crippen molar-refractivity contribution in [1.82, 2.24) is 9.80 Å². The molecule has 1 atom stereocenters. The van der Waals surface area contributed by atoms with Crippen molar-refractivity contribution in [3.8, 4) is 5.75 Å². The number of carbonyl (C=O) groups is 2. The van der Waals surface area contributed by atoms with E-state index in [-0.39, 0.29) is 28.0 Å². The van der Waals surface area contributed by atoms with Crippen molar-refractivity contribution in [2.24, 2.45) is 0 Å². The van der Waals surface area contributed by atoms with Crippen LogP contribution in [0.25, 0.3) is 0 Å². The number of aliphatic hydroxyl groups is 1. The number of hydrogen-bond acceptors (Lipinski definition) is 5. The second-order valence-corrected chi connectivity index (χ2v) is 9.50. The van der Waals surface area contributed by atoms with Gasteiger partial charge in [-0.1, -0.05) is 23.2 Å². The number of ether oxygens (including phenoxy) is 1. The molecule has 7 nitrogen and oxygen atoms in total. The summed E-state index contributed by atoms with van der Waals surface area (Å²) in [6.45, 7) is 10.6. The number of benzene rings is 1. The summed E-state index contributed by atoms with van der Waals surface area (Å²) in [5.41, 5.74) is -0.0958. The van der Waals surface area contributed by atoms with Crippen molar-refractivity contribution in [1.29, 1.82) is 0 Å². The number of amides is 2. The van der Waals surface area contributed by atoms with E-state index in [1.807, 2.05) is 27.7 Å². The van der Waals surface area contributed by atoms with Gasteiger partial charge >= 0.3 is 6.09 Å². The third-order valence-electron chi connectivity index (χ3n) is 4.93. The lowest BCUT2D eigenvalue weighted by Gasteiger charge is -2.23. The minimum atomic E-state index is -0.868. The highest BCUT2D eigenvalue weighted by Crippen LogP contribution is 2.38. The molecule has 0 spiro atoms. The SMILES string of the molecule is CC(C)(C)OC(=O)N1CCCC1.CCN(C=O)CCCCC(O)c1c(O)ccc(Cl)c1Cl. The predicted octanol–water partition coefficient (Wildman–Crippen LogP) is 5.40. The lowest BCUT2D eigenvalue weighted by Crippen LogP contribution is -2.34. The van der Waals surface area contributed by atoms with Crippen LogP contribution in [-0.4, -0.2) is 64.3 Å². The number of aromatic hydroxyl groups is 1. The minimum Gasteiger partial charge on any atom is -0.508 e. The zero-order valence-electron chi connectivity index (χ0n) is 19.4. The van der Waals surface area contributed by atoms with Crippen LogP contribution < -0.4 is 0 Å². The van der Waals surface area contributed by atoms with E-state index >= 15 is 0 Å².